The Labute approximate surface area is 197 Å². The van der Waals surface area contributed by atoms with Crippen molar-refractivity contribution in [1.29, 1.82) is 0 Å². The number of hydrazine groups is 1. The van der Waals surface area contributed by atoms with E-state index in [9.17, 15) is 4.79 Å². The normalized spacial score (nSPS) is 10.5. The Bertz CT molecular complexity index is 1280. The number of rotatable bonds is 8. The van der Waals surface area contributed by atoms with Crippen LogP contribution in [0.1, 0.15) is 15.9 Å². The summed E-state index contributed by atoms with van der Waals surface area (Å²) in [5.74, 6) is 6.10. The topological polar surface area (TPSA) is 141 Å². The zero-order valence-corrected chi connectivity index (χ0v) is 18.5. The molecule has 4 aromatic rings. The van der Waals surface area contributed by atoms with Gasteiger partial charge in [-0.2, -0.15) is 0 Å². The number of amides is 1. The Kier molecular flexibility index (Phi) is 6.90. The molecular weight excluding hydrogens is 428 g/mol. The lowest BCUT2D eigenvalue weighted by Gasteiger charge is -2.11. The largest absolute Gasteiger partial charge is 0.493 e. The van der Waals surface area contributed by atoms with Crippen LogP contribution < -0.4 is 32.8 Å². The first-order valence-corrected chi connectivity index (χ1v) is 10.7. The van der Waals surface area contributed by atoms with Crippen molar-refractivity contribution in [2.24, 2.45) is 5.84 Å². The number of nitrogens with one attached hydrogen (secondary N) is 2. The van der Waals surface area contributed by atoms with E-state index in [2.05, 4.69) is 27.9 Å². The summed E-state index contributed by atoms with van der Waals surface area (Å²) in [5, 5.41) is 2.88. The van der Waals surface area contributed by atoms with Gasteiger partial charge in [0, 0.05) is 28.9 Å². The second-order valence-corrected chi connectivity index (χ2v) is 7.68. The van der Waals surface area contributed by atoms with Crippen molar-refractivity contribution in [3.63, 3.8) is 0 Å². The number of carbonyl (C=O) groups is 1. The summed E-state index contributed by atoms with van der Waals surface area (Å²) in [7, 11) is 0. The Hall–Kier alpha value is -4.56. The van der Waals surface area contributed by atoms with Gasteiger partial charge in [0.15, 0.2) is 0 Å². The molecule has 0 saturated heterocycles. The van der Waals surface area contributed by atoms with Gasteiger partial charge in [-0.1, -0.05) is 30.3 Å². The third-order valence-corrected chi connectivity index (χ3v) is 5.21. The maximum Gasteiger partial charge on any atom is 0.255 e. The van der Waals surface area contributed by atoms with Crippen LogP contribution in [0.3, 0.4) is 0 Å². The summed E-state index contributed by atoms with van der Waals surface area (Å²) >= 11 is 0. The first kappa shape index (κ1) is 22.6. The van der Waals surface area contributed by atoms with E-state index in [-0.39, 0.29) is 11.7 Å². The number of aromatic nitrogens is 1. The molecule has 8 nitrogen and oxygen atoms in total. The smallest absolute Gasteiger partial charge is 0.255 e. The van der Waals surface area contributed by atoms with E-state index in [1.807, 2.05) is 30.3 Å². The molecule has 1 aromatic heterocycles. The predicted molar refractivity (Wildman–Crippen MR) is 136 cm³/mol. The van der Waals surface area contributed by atoms with E-state index in [4.69, 9.17) is 22.0 Å². The lowest BCUT2D eigenvalue weighted by Crippen LogP contribution is -2.13. The number of carbonyl (C=O) groups excluding carboxylic acids is 1. The van der Waals surface area contributed by atoms with Crippen molar-refractivity contribution >= 4 is 28.8 Å². The zero-order chi connectivity index (χ0) is 23.9. The quantitative estimate of drug-likeness (QED) is 0.153. The molecule has 0 unspecified atom stereocenters. The molecule has 0 spiro atoms. The fraction of sp³-hybridized carbons (Fsp3) is 0.0769. The van der Waals surface area contributed by atoms with Gasteiger partial charge in [-0.05, 0) is 60.2 Å². The van der Waals surface area contributed by atoms with E-state index in [0.717, 1.165) is 12.2 Å². The molecule has 0 bridgehead atoms. The van der Waals surface area contributed by atoms with Gasteiger partial charge in [0.1, 0.15) is 11.6 Å². The minimum Gasteiger partial charge on any atom is -0.493 e. The van der Waals surface area contributed by atoms with Gasteiger partial charge in [0.2, 0.25) is 0 Å². The summed E-state index contributed by atoms with van der Waals surface area (Å²) in [6.45, 7) is 0.572. The van der Waals surface area contributed by atoms with Crippen molar-refractivity contribution < 1.29 is 9.53 Å². The molecule has 0 aliphatic rings. The van der Waals surface area contributed by atoms with Crippen LogP contribution in [0.15, 0.2) is 84.9 Å². The fourth-order valence-electron chi connectivity index (χ4n) is 3.46. The Morgan fingerprint density at radius 1 is 0.912 bits per heavy atom. The van der Waals surface area contributed by atoms with Crippen LogP contribution in [0.25, 0.3) is 11.3 Å². The third-order valence-electron chi connectivity index (χ3n) is 5.21. The average molecular weight is 455 g/mol. The van der Waals surface area contributed by atoms with Gasteiger partial charge in [-0.3, -0.25) is 10.6 Å². The fourth-order valence-corrected chi connectivity index (χ4v) is 3.46. The summed E-state index contributed by atoms with van der Waals surface area (Å²) in [6.07, 6.45) is 0.822. The molecule has 34 heavy (non-hydrogen) atoms. The predicted octanol–water partition coefficient (Wildman–Crippen LogP) is 4.07. The molecule has 8 N–H and O–H groups in total. The van der Waals surface area contributed by atoms with Gasteiger partial charge in [-0.25, -0.2) is 4.98 Å². The Balaban J connectivity index is 1.41. The number of anilines is 4. The maximum atomic E-state index is 12.9. The van der Waals surface area contributed by atoms with Crippen LogP contribution in [0, 0.1) is 0 Å². The highest BCUT2D eigenvalue weighted by atomic mass is 16.5. The summed E-state index contributed by atoms with van der Waals surface area (Å²) in [5.41, 5.74) is 18.9. The van der Waals surface area contributed by atoms with Crippen LogP contribution in [0.5, 0.6) is 5.75 Å². The number of nitrogen functional groups attached to an aromatic ring is 3. The molecule has 0 radical (unpaired) electrons. The summed E-state index contributed by atoms with van der Waals surface area (Å²) in [4.78, 5) is 17.2. The lowest BCUT2D eigenvalue weighted by atomic mass is 10.1. The average Bonchev–Trinajstić information content (AvgIpc) is 2.85. The molecule has 0 atom stereocenters. The molecule has 0 saturated carbocycles. The van der Waals surface area contributed by atoms with E-state index in [1.165, 1.54) is 5.56 Å². The highest BCUT2D eigenvalue weighted by Crippen LogP contribution is 2.26. The number of pyridine rings is 1. The van der Waals surface area contributed by atoms with Crippen LogP contribution in [-0.2, 0) is 6.42 Å². The molecule has 3 aromatic carbocycles. The van der Waals surface area contributed by atoms with Crippen molar-refractivity contribution in [2.45, 2.75) is 6.42 Å². The van der Waals surface area contributed by atoms with Gasteiger partial charge in [0.25, 0.3) is 5.91 Å². The first-order chi connectivity index (χ1) is 16.5. The van der Waals surface area contributed by atoms with Crippen LogP contribution in [0.4, 0.5) is 22.9 Å². The number of hydrogen-bond acceptors (Lipinski definition) is 7. The van der Waals surface area contributed by atoms with Crippen molar-refractivity contribution in [3.8, 4) is 17.0 Å². The highest BCUT2D eigenvalue weighted by Gasteiger charge is 2.12. The van der Waals surface area contributed by atoms with Crippen LogP contribution in [-0.4, -0.2) is 17.5 Å². The minimum atomic E-state index is -0.292. The molecule has 8 heteroatoms. The van der Waals surface area contributed by atoms with Gasteiger partial charge in [0.05, 0.1) is 18.0 Å². The first-order valence-electron chi connectivity index (χ1n) is 10.7. The van der Waals surface area contributed by atoms with Gasteiger partial charge >= 0.3 is 0 Å². The molecule has 172 valence electrons. The minimum absolute atomic E-state index is 0.250. The van der Waals surface area contributed by atoms with E-state index in [1.54, 1.807) is 42.5 Å². The van der Waals surface area contributed by atoms with Crippen molar-refractivity contribution in [2.75, 3.05) is 28.8 Å². The highest BCUT2D eigenvalue weighted by molar-refractivity contribution is 6.05. The van der Waals surface area contributed by atoms with E-state index < -0.39 is 0 Å². The third kappa shape index (κ3) is 5.62. The molecule has 0 fully saturated rings. The zero-order valence-electron chi connectivity index (χ0n) is 18.5. The monoisotopic (exact) mass is 454 g/mol. The number of hydrogen-bond donors (Lipinski definition) is 5. The van der Waals surface area contributed by atoms with Gasteiger partial charge < -0.3 is 26.9 Å². The van der Waals surface area contributed by atoms with Crippen LogP contribution in [0.2, 0.25) is 0 Å². The van der Waals surface area contributed by atoms with Crippen molar-refractivity contribution in [3.05, 3.63) is 96.1 Å². The molecule has 4 rings (SSSR count). The second-order valence-electron chi connectivity index (χ2n) is 7.68. The number of nitrogens with two attached hydrogens (primary N) is 3. The van der Waals surface area contributed by atoms with E-state index in [0.29, 0.717) is 40.5 Å². The van der Waals surface area contributed by atoms with Gasteiger partial charge in [-0.15, -0.1) is 0 Å². The Morgan fingerprint density at radius 3 is 2.38 bits per heavy atom. The maximum absolute atomic E-state index is 12.9. The molecule has 0 aliphatic heterocycles. The molecule has 1 heterocycles. The lowest BCUT2D eigenvalue weighted by molar-refractivity contribution is 0.102. The standard InChI is InChI=1S/C26H26N6O2/c27-20-15-18(23-10-11-24(32-29)25(28)31-23)14-19(16-20)26(33)30-21-6-8-22(9-7-21)34-13-12-17-4-2-1-3-5-17/h1-11,14-16,32H,12-13,27,29H2,(H2,28,31)(H,30,33). The van der Waals surface area contributed by atoms with E-state index >= 15 is 0 Å². The molecular formula is C26H26N6O2. The second kappa shape index (κ2) is 10.4. The number of benzene rings is 3. The number of ether oxygens (including phenoxy) is 1. The molecule has 1 amide bonds. The summed E-state index contributed by atoms with van der Waals surface area (Å²) in [6, 6.07) is 25.9. The SMILES string of the molecule is NNc1ccc(-c2cc(N)cc(C(=O)Nc3ccc(OCCc4ccccc4)cc3)c2)nc1N. The summed E-state index contributed by atoms with van der Waals surface area (Å²) < 4.78 is 5.80. The Morgan fingerprint density at radius 2 is 1.68 bits per heavy atom. The van der Waals surface area contributed by atoms with Crippen molar-refractivity contribution in [1.82, 2.24) is 4.98 Å². The molecule has 0 aliphatic carbocycles. The number of nitrogens with zero attached hydrogens (tertiary/aromatic N) is 1. The van der Waals surface area contributed by atoms with Crippen LogP contribution >= 0.6 is 0 Å².